The molecule has 4 unspecified atom stereocenters. The number of carbonyl (C=O) groups excluding carboxylic acids is 4. The van der Waals surface area contributed by atoms with E-state index < -0.39 is 53.8 Å². The maximum atomic E-state index is 12.9. The van der Waals surface area contributed by atoms with Gasteiger partial charge in [0.05, 0.1) is 12.4 Å². The number of H-pyrrole nitrogens is 1. The summed E-state index contributed by atoms with van der Waals surface area (Å²) in [4.78, 5) is 68.2. The number of primary amides is 1. The largest absolute Gasteiger partial charge is 0.480 e. The van der Waals surface area contributed by atoms with Gasteiger partial charge in [-0.2, -0.15) is 0 Å². The molecule has 2 heterocycles. The molecule has 0 bridgehead atoms. The number of likely N-dealkylation sites (tertiary alicyclic amines) is 1. The Balaban J connectivity index is 1.94. The zero-order chi connectivity index (χ0) is 23.8. The second-order valence-corrected chi connectivity index (χ2v) is 7.71. The minimum Gasteiger partial charge on any atom is -0.480 e. The van der Waals surface area contributed by atoms with E-state index in [0.29, 0.717) is 18.5 Å². The molecule has 0 aromatic carbocycles. The first-order valence-corrected chi connectivity index (χ1v) is 10.2. The number of aromatic nitrogens is 2. The Morgan fingerprint density at radius 1 is 1.31 bits per heavy atom. The van der Waals surface area contributed by atoms with Gasteiger partial charge in [0, 0.05) is 31.3 Å². The van der Waals surface area contributed by atoms with Crippen molar-refractivity contribution in [1.82, 2.24) is 25.5 Å². The molecule has 1 aromatic rings. The number of amides is 4. The van der Waals surface area contributed by atoms with Crippen LogP contribution in [0.25, 0.3) is 0 Å². The molecule has 4 atom stereocenters. The predicted molar refractivity (Wildman–Crippen MR) is 111 cm³/mol. The van der Waals surface area contributed by atoms with E-state index in [2.05, 4.69) is 20.6 Å². The molecular formula is C19H29N7O6. The first-order valence-electron chi connectivity index (χ1n) is 10.2. The highest BCUT2D eigenvalue weighted by atomic mass is 16.4. The molecule has 1 fully saturated rings. The molecule has 0 saturated carbocycles. The van der Waals surface area contributed by atoms with E-state index >= 15 is 0 Å². The molecule has 1 aromatic heterocycles. The van der Waals surface area contributed by atoms with Crippen molar-refractivity contribution >= 4 is 29.6 Å². The number of carbonyl (C=O) groups is 5. The minimum atomic E-state index is -1.30. The molecule has 0 spiro atoms. The molecule has 13 nitrogen and oxygen atoms in total. The molecule has 1 saturated heterocycles. The van der Waals surface area contributed by atoms with Crippen LogP contribution in [-0.4, -0.2) is 80.3 Å². The Morgan fingerprint density at radius 2 is 2.03 bits per heavy atom. The van der Waals surface area contributed by atoms with Crippen LogP contribution < -0.4 is 22.1 Å². The Kier molecular flexibility index (Phi) is 8.70. The third-order valence-electron chi connectivity index (χ3n) is 5.19. The van der Waals surface area contributed by atoms with Gasteiger partial charge in [0.1, 0.15) is 18.1 Å². The van der Waals surface area contributed by atoms with E-state index in [1.54, 1.807) is 6.20 Å². The molecule has 8 N–H and O–H groups in total. The van der Waals surface area contributed by atoms with Gasteiger partial charge >= 0.3 is 5.97 Å². The summed E-state index contributed by atoms with van der Waals surface area (Å²) in [5, 5.41) is 14.2. The third-order valence-corrected chi connectivity index (χ3v) is 5.19. The van der Waals surface area contributed by atoms with Gasteiger partial charge in [0.25, 0.3) is 0 Å². The average molecular weight is 451 g/mol. The lowest BCUT2D eigenvalue weighted by Crippen LogP contribution is -2.56. The average Bonchev–Trinajstić information content (AvgIpc) is 3.41. The molecule has 13 heteroatoms. The van der Waals surface area contributed by atoms with Gasteiger partial charge in [-0.05, 0) is 26.2 Å². The summed E-state index contributed by atoms with van der Waals surface area (Å²) in [6.45, 7) is 1.78. The first kappa shape index (κ1) is 24.8. The number of imidazole rings is 1. The number of nitrogens with zero attached hydrogens (tertiary/aromatic N) is 2. The second kappa shape index (κ2) is 11.2. The molecule has 2 rings (SSSR count). The van der Waals surface area contributed by atoms with Crippen LogP contribution >= 0.6 is 0 Å². The fraction of sp³-hybridized carbons (Fsp3) is 0.579. The van der Waals surface area contributed by atoms with Crippen LogP contribution in [0, 0.1) is 0 Å². The lowest BCUT2D eigenvalue weighted by Gasteiger charge is -2.28. The number of aliphatic carboxylic acids is 1. The summed E-state index contributed by atoms with van der Waals surface area (Å²) in [7, 11) is 0. The first-order chi connectivity index (χ1) is 15.1. The van der Waals surface area contributed by atoms with E-state index in [1.165, 1.54) is 18.2 Å². The number of hydrogen-bond donors (Lipinski definition) is 6. The SMILES string of the molecule is CC(NC(=O)C(N)Cc1cnc[nH]1)C(=O)N1CCCC1C(=O)NC(CCC(N)=O)C(=O)O. The fourth-order valence-corrected chi connectivity index (χ4v) is 3.47. The van der Waals surface area contributed by atoms with Crippen molar-refractivity contribution < 1.29 is 29.1 Å². The van der Waals surface area contributed by atoms with E-state index in [1.807, 2.05) is 0 Å². The molecule has 0 radical (unpaired) electrons. The lowest BCUT2D eigenvalue weighted by atomic mass is 10.1. The molecule has 4 amide bonds. The smallest absolute Gasteiger partial charge is 0.326 e. The number of rotatable bonds is 11. The number of hydrogen-bond acceptors (Lipinski definition) is 7. The van der Waals surface area contributed by atoms with Crippen molar-refractivity contribution in [3.8, 4) is 0 Å². The van der Waals surface area contributed by atoms with Gasteiger partial charge in [0.2, 0.25) is 23.6 Å². The maximum Gasteiger partial charge on any atom is 0.326 e. The number of carboxylic acids is 1. The van der Waals surface area contributed by atoms with Gasteiger partial charge in [0.15, 0.2) is 0 Å². The van der Waals surface area contributed by atoms with E-state index in [-0.39, 0.29) is 25.8 Å². The van der Waals surface area contributed by atoms with E-state index in [0.717, 1.165) is 0 Å². The van der Waals surface area contributed by atoms with Crippen LogP contribution in [0.15, 0.2) is 12.5 Å². The van der Waals surface area contributed by atoms with Gasteiger partial charge in [-0.25, -0.2) is 9.78 Å². The van der Waals surface area contributed by atoms with Crippen LogP contribution in [0.2, 0.25) is 0 Å². The predicted octanol–water partition coefficient (Wildman–Crippen LogP) is -2.39. The van der Waals surface area contributed by atoms with Crippen molar-refractivity contribution in [1.29, 1.82) is 0 Å². The topological polar surface area (TPSA) is 214 Å². The molecular weight excluding hydrogens is 422 g/mol. The van der Waals surface area contributed by atoms with Gasteiger partial charge in [-0.1, -0.05) is 0 Å². The third kappa shape index (κ3) is 6.77. The van der Waals surface area contributed by atoms with Crippen LogP contribution in [0.3, 0.4) is 0 Å². The highest BCUT2D eigenvalue weighted by Crippen LogP contribution is 2.19. The zero-order valence-electron chi connectivity index (χ0n) is 17.7. The summed E-state index contributed by atoms with van der Waals surface area (Å²) in [5.41, 5.74) is 11.6. The quantitative estimate of drug-likeness (QED) is 0.213. The zero-order valence-corrected chi connectivity index (χ0v) is 17.7. The van der Waals surface area contributed by atoms with Gasteiger partial charge in [-0.15, -0.1) is 0 Å². The molecule has 0 aliphatic carbocycles. The number of carboxylic acid groups (broad SMARTS) is 1. The second-order valence-electron chi connectivity index (χ2n) is 7.71. The lowest BCUT2D eigenvalue weighted by molar-refractivity contribution is -0.145. The summed E-state index contributed by atoms with van der Waals surface area (Å²) in [6, 6.07) is -4.01. The van der Waals surface area contributed by atoms with Crippen molar-refractivity contribution in [2.75, 3.05) is 6.54 Å². The van der Waals surface area contributed by atoms with Crippen LogP contribution in [-0.2, 0) is 30.4 Å². The molecule has 1 aliphatic heterocycles. The number of aromatic amines is 1. The standard InChI is InChI=1S/C19H29N7O6/c1-10(24-16(28)12(20)7-11-8-22-9-23-11)18(30)26-6-2-3-14(26)17(29)25-13(19(31)32)4-5-15(21)27/h8-10,12-14H,2-7,20H2,1H3,(H2,21,27)(H,22,23)(H,24,28)(H,25,29)(H,31,32). The Morgan fingerprint density at radius 3 is 2.62 bits per heavy atom. The monoisotopic (exact) mass is 451 g/mol. The number of nitrogens with two attached hydrogens (primary N) is 2. The normalized spacial score (nSPS) is 18.4. The molecule has 1 aliphatic rings. The van der Waals surface area contributed by atoms with Crippen LogP contribution in [0.4, 0.5) is 0 Å². The van der Waals surface area contributed by atoms with E-state index in [9.17, 15) is 29.1 Å². The van der Waals surface area contributed by atoms with Gasteiger partial charge in [-0.3, -0.25) is 19.2 Å². The summed E-state index contributed by atoms with van der Waals surface area (Å²) in [6.07, 6.45) is 3.76. The van der Waals surface area contributed by atoms with Crippen molar-refractivity contribution in [2.45, 2.75) is 63.2 Å². The summed E-state index contributed by atoms with van der Waals surface area (Å²) < 4.78 is 0. The van der Waals surface area contributed by atoms with Gasteiger partial charge < -0.3 is 37.1 Å². The molecule has 176 valence electrons. The Hall–Kier alpha value is -3.48. The number of nitrogens with one attached hydrogen (secondary N) is 3. The maximum absolute atomic E-state index is 12.9. The fourth-order valence-electron chi connectivity index (χ4n) is 3.47. The van der Waals surface area contributed by atoms with E-state index in [4.69, 9.17) is 11.5 Å². The van der Waals surface area contributed by atoms with Crippen LogP contribution in [0.5, 0.6) is 0 Å². The highest BCUT2D eigenvalue weighted by molar-refractivity contribution is 5.94. The summed E-state index contributed by atoms with van der Waals surface area (Å²) in [5.74, 6) is -3.63. The van der Waals surface area contributed by atoms with Crippen molar-refractivity contribution in [2.24, 2.45) is 11.5 Å². The van der Waals surface area contributed by atoms with Crippen molar-refractivity contribution in [3.05, 3.63) is 18.2 Å². The Labute approximate surface area is 184 Å². The van der Waals surface area contributed by atoms with Crippen LogP contribution in [0.1, 0.15) is 38.3 Å². The minimum absolute atomic E-state index is 0.155. The van der Waals surface area contributed by atoms with Crippen molar-refractivity contribution in [3.63, 3.8) is 0 Å². The summed E-state index contributed by atoms with van der Waals surface area (Å²) >= 11 is 0. The molecule has 32 heavy (non-hydrogen) atoms. The Bertz CT molecular complexity index is 843. The highest BCUT2D eigenvalue weighted by Gasteiger charge is 2.38.